The SMILES string of the molecule is COc1ccc(CO[C@@H](CCCCCCCCBr)CO[Si](c2ccccc2)(c2ccccc2)C(C)(C)C)cc1. The van der Waals surface area contributed by atoms with E-state index in [2.05, 4.69) is 109 Å². The predicted octanol–water partition coefficient (Wildman–Crippen LogP) is 8.28. The number of rotatable bonds is 17. The van der Waals surface area contributed by atoms with Crippen molar-refractivity contribution in [2.75, 3.05) is 19.0 Å². The third kappa shape index (κ3) is 9.31. The van der Waals surface area contributed by atoms with E-state index in [0.717, 1.165) is 29.5 Å². The Bertz CT molecular complexity index is 1010. The normalized spacial score (nSPS) is 12.8. The van der Waals surface area contributed by atoms with Crippen LogP contribution in [0.1, 0.15) is 71.3 Å². The molecule has 39 heavy (non-hydrogen) atoms. The Morgan fingerprint density at radius 1 is 0.718 bits per heavy atom. The lowest BCUT2D eigenvalue weighted by Gasteiger charge is -2.43. The van der Waals surface area contributed by atoms with Gasteiger partial charge in [0.2, 0.25) is 0 Å². The molecule has 3 nitrogen and oxygen atoms in total. The van der Waals surface area contributed by atoms with Crippen LogP contribution in [0.5, 0.6) is 5.75 Å². The van der Waals surface area contributed by atoms with E-state index < -0.39 is 8.32 Å². The van der Waals surface area contributed by atoms with Gasteiger partial charge in [-0.1, -0.05) is 142 Å². The quantitative estimate of drug-likeness (QED) is 0.0874. The van der Waals surface area contributed by atoms with Gasteiger partial charge in [0.15, 0.2) is 0 Å². The van der Waals surface area contributed by atoms with E-state index in [-0.39, 0.29) is 11.1 Å². The molecule has 0 radical (unpaired) electrons. The molecule has 0 spiro atoms. The molecule has 212 valence electrons. The number of methoxy groups -OCH3 is 1. The Morgan fingerprint density at radius 2 is 1.26 bits per heavy atom. The Kier molecular flexibility index (Phi) is 13.3. The van der Waals surface area contributed by atoms with Crippen LogP contribution >= 0.6 is 15.9 Å². The molecule has 0 unspecified atom stereocenters. The van der Waals surface area contributed by atoms with Crippen molar-refractivity contribution in [3.05, 3.63) is 90.5 Å². The van der Waals surface area contributed by atoms with Crippen LogP contribution in [-0.4, -0.2) is 33.5 Å². The first-order valence-electron chi connectivity index (χ1n) is 14.5. The molecule has 0 heterocycles. The maximum atomic E-state index is 7.25. The van der Waals surface area contributed by atoms with Gasteiger partial charge >= 0.3 is 0 Å². The minimum absolute atomic E-state index is 0.0382. The summed E-state index contributed by atoms with van der Waals surface area (Å²) in [4.78, 5) is 0. The Morgan fingerprint density at radius 3 is 1.77 bits per heavy atom. The van der Waals surface area contributed by atoms with E-state index in [0.29, 0.717) is 13.2 Å². The van der Waals surface area contributed by atoms with Crippen LogP contribution in [0.15, 0.2) is 84.9 Å². The van der Waals surface area contributed by atoms with Crippen LogP contribution in [0.4, 0.5) is 0 Å². The van der Waals surface area contributed by atoms with Crippen molar-refractivity contribution in [1.29, 1.82) is 0 Å². The molecule has 0 aliphatic carbocycles. The molecule has 0 saturated heterocycles. The summed E-state index contributed by atoms with van der Waals surface area (Å²) < 4.78 is 19.2. The van der Waals surface area contributed by atoms with Crippen molar-refractivity contribution in [3.63, 3.8) is 0 Å². The van der Waals surface area contributed by atoms with Crippen LogP contribution < -0.4 is 15.1 Å². The number of halogens is 1. The fraction of sp³-hybridized carbons (Fsp3) is 0.471. The number of hydrogen-bond donors (Lipinski definition) is 0. The molecule has 3 aromatic carbocycles. The molecule has 0 fully saturated rings. The Labute approximate surface area is 246 Å². The topological polar surface area (TPSA) is 27.7 Å². The van der Waals surface area contributed by atoms with Gasteiger partial charge in [0.05, 0.1) is 26.4 Å². The fourth-order valence-electron chi connectivity index (χ4n) is 5.30. The molecule has 0 aliphatic rings. The van der Waals surface area contributed by atoms with E-state index in [1.165, 1.54) is 42.5 Å². The second-order valence-corrected chi connectivity index (χ2v) is 16.5. The smallest absolute Gasteiger partial charge is 0.261 e. The average molecular weight is 612 g/mol. The third-order valence-corrected chi connectivity index (χ3v) is 13.0. The van der Waals surface area contributed by atoms with E-state index in [4.69, 9.17) is 13.9 Å². The zero-order chi connectivity index (χ0) is 28.0. The minimum Gasteiger partial charge on any atom is -0.497 e. The van der Waals surface area contributed by atoms with Crippen molar-refractivity contribution < 1.29 is 13.9 Å². The van der Waals surface area contributed by atoms with E-state index in [1.54, 1.807) is 7.11 Å². The minimum atomic E-state index is -2.60. The number of unbranched alkanes of at least 4 members (excludes halogenated alkanes) is 5. The van der Waals surface area contributed by atoms with Gasteiger partial charge in [-0.2, -0.15) is 0 Å². The highest BCUT2D eigenvalue weighted by Gasteiger charge is 2.50. The van der Waals surface area contributed by atoms with Crippen molar-refractivity contribution in [2.45, 2.75) is 83.5 Å². The standard InChI is InChI=1S/C34H47BrO3Si/c1-34(2,3)39(32-18-12-9-13-19-32,33-20-14-10-15-21-33)38-28-31(17-11-7-5-6-8-16-26-35)37-27-29-22-24-30(36-4)25-23-29/h9-10,12-15,18-25,31H,5-8,11,16-17,26-28H2,1-4H3/t31-/m0/s1. The molecular weight excluding hydrogens is 564 g/mol. The maximum Gasteiger partial charge on any atom is 0.261 e. The summed E-state index contributed by atoms with van der Waals surface area (Å²) in [7, 11) is -0.905. The van der Waals surface area contributed by atoms with Gasteiger partial charge in [-0.15, -0.1) is 0 Å². The molecule has 0 aliphatic heterocycles. The first kappa shape index (κ1) is 31.6. The molecule has 0 amide bonds. The van der Waals surface area contributed by atoms with E-state index in [9.17, 15) is 0 Å². The van der Waals surface area contributed by atoms with E-state index >= 15 is 0 Å². The summed E-state index contributed by atoms with van der Waals surface area (Å²) >= 11 is 3.54. The summed E-state index contributed by atoms with van der Waals surface area (Å²) in [5.74, 6) is 0.866. The molecule has 5 heteroatoms. The second-order valence-electron chi connectivity index (χ2n) is 11.4. The molecular formula is C34H47BrO3Si. The lowest BCUT2D eigenvalue weighted by atomic mass is 10.1. The van der Waals surface area contributed by atoms with Gasteiger partial charge in [0.1, 0.15) is 5.75 Å². The summed E-state index contributed by atoms with van der Waals surface area (Å²) in [6.07, 6.45) is 8.60. The van der Waals surface area contributed by atoms with Crippen LogP contribution in [-0.2, 0) is 15.8 Å². The maximum absolute atomic E-state index is 7.25. The van der Waals surface area contributed by atoms with Crippen molar-refractivity contribution in [3.8, 4) is 5.75 Å². The highest BCUT2D eigenvalue weighted by molar-refractivity contribution is 9.09. The molecule has 0 N–H and O–H groups in total. The summed E-state index contributed by atoms with van der Waals surface area (Å²) in [6.45, 7) is 8.16. The highest BCUT2D eigenvalue weighted by Crippen LogP contribution is 2.37. The van der Waals surface area contributed by atoms with Crippen LogP contribution in [0.2, 0.25) is 5.04 Å². The number of alkyl halides is 1. The lowest BCUT2D eigenvalue weighted by Crippen LogP contribution is -2.67. The average Bonchev–Trinajstić information content (AvgIpc) is 2.96. The van der Waals surface area contributed by atoms with Crippen LogP contribution in [0.3, 0.4) is 0 Å². The fourth-order valence-corrected chi connectivity index (χ4v) is 10.3. The molecule has 3 rings (SSSR count). The summed E-state index contributed by atoms with van der Waals surface area (Å²) in [5.41, 5.74) is 1.15. The molecule has 0 aromatic heterocycles. The van der Waals surface area contributed by atoms with Crippen LogP contribution in [0.25, 0.3) is 0 Å². The van der Waals surface area contributed by atoms with Gasteiger partial charge in [-0.25, -0.2) is 0 Å². The van der Waals surface area contributed by atoms with Gasteiger partial charge in [0.25, 0.3) is 8.32 Å². The zero-order valence-corrected chi connectivity index (χ0v) is 26.9. The lowest BCUT2D eigenvalue weighted by molar-refractivity contribution is 0.000765. The molecule has 0 bridgehead atoms. The van der Waals surface area contributed by atoms with Gasteiger partial charge < -0.3 is 13.9 Å². The largest absolute Gasteiger partial charge is 0.497 e. The number of hydrogen-bond acceptors (Lipinski definition) is 3. The van der Waals surface area contributed by atoms with Crippen molar-refractivity contribution in [2.24, 2.45) is 0 Å². The first-order chi connectivity index (χ1) is 18.9. The van der Waals surface area contributed by atoms with Crippen LogP contribution in [0, 0.1) is 0 Å². The second kappa shape index (κ2) is 16.4. The summed E-state index contributed by atoms with van der Waals surface area (Å²) in [5, 5.41) is 3.67. The number of benzene rings is 3. The van der Waals surface area contributed by atoms with Crippen molar-refractivity contribution >= 4 is 34.6 Å². The highest BCUT2D eigenvalue weighted by atomic mass is 79.9. The predicted molar refractivity (Wildman–Crippen MR) is 171 cm³/mol. The van der Waals surface area contributed by atoms with Gasteiger partial charge in [-0.05, 0) is 45.9 Å². The monoisotopic (exact) mass is 610 g/mol. The molecule has 0 saturated carbocycles. The zero-order valence-electron chi connectivity index (χ0n) is 24.3. The third-order valence-electron chi connectivity index (χ3n) is 7.46. The van der Waals surface area contributed by atoms with Gasteiger partial charge in [-0.3, -0.25) is 0 Å². The molecule has 1 atom stereocenters. The Hall–Kier alpha value is -1.92. The number of ether oxygens (including phenoxy) is 2. The van der Waals surface area contributed by atoms with Gasteiger partial charge in [0, 0.05) is 5.33 Å². The summed E-state index contributed by atoms with van der Waals surface area (Å²) in [6, 6.07) is 29.9. The molecule has 3 aromatic rings. The first-order valence-corrected chi connectivity index (χ1v) is 17.5. The van der Waals surface area contributed by atoms with E-state index in [1.807, 2.05) is 12.1 Å². The van der Waals surface area contributed by atoms with Crippen molar-refractivity contribution in [1.82, 2.24) is 0 Å². The Balaban J connectivity index is 1.79.